The van der Waals surface area contributed by atoms with Crippen LogP contribution in [0, 0.1) is 17.2 Å². The molecule has 84 valence electrons. The summed E-state index contributed by atoms with van der Waals surface area (Å²) in [7, 11) is 0. The summed E-state index contributed by atoms with van der Waals surface area (Å²) in [5.74, 6) is 0.761. The van der Waals surface area contributed by atoms with Crippen LogP contribution in [0.4, 0.5) is 5.69 Å². The van der Waals surface area contributed by atoms with Crippen molar-refractivity contribution in [1.29, 1.82) is 5.26 Å². The van der Waals surface area contributed by atoms with Gasteiger partial charge in [-0.15, -0.1) is 0 Å². The largest absolute Gasteiger partial charge is 0.380 e. The number of anilines is 1. The predicted octanol–water partition coefficient (Wildman–Crippen LogP) is 3.92. The molecule has 1 aliphatic carbocycles. The standard InChI is InChI=1S/C13H15BrN2/c1-13(2,10-3-4-10)16-12-6-9(8-15)5-11(14)7-12/h5-7,10,16H,3-4H2,1-2H3. The molecule has 0 aliphatic heterocycles. The number of rotatable bonds is 3. The van der Waals surface area contributed by atoms with E-state index in [1.54, 1.807) is 0 Å². The highest BCUT2D eigenvalue weighted by Crippen LogP contribution is 2.41. The Morgan fingerprint density at radius 2 is 2.06 bits per heavy atom. The van der Waals surface area contributed by atoms with Crippen LogP contribution in [-0.4, -0.2) is 5.54 Å². The third-order valence-corrected chi connectivity index (χ3v) is 3.55. The van der Waals surface area contributed by atoms with Gasteiger partial charge in [-0.3, -0.25) is 0 Å². The second-order valence-corrected chi connectivity index (χ2v) is 5.88. The van der Waals surface area contributed by atoms with Crippen LogP contribution in [-0.2, 0) is 0 Å². The molecule has 0 radical (unpaired) electrons. The first-order valence-corrected chi connectivity index (χ1v) is 6.29. The molecule has 0 amide bonds. The van der Waals surface area contributed by atoms with Gasteiger partial charge in [0.2, 0.25) is 0 Å². The van der Waals surface area contributed by atoms with Crippen LogP contribution in [0.1, 0.15) is 32.3 Å². The molecule has 3 heteroatoms. The highest BCUT2D eigenvalue weighted by Gasteiger charge is 2.37. The molecule has 0 heterocycles. The Morgan fingerprint density at radius 3 is 2.62 bits per heavy atom. The summed E-state index contributed by atoms with van der Waals surface area (Å²) in [6.07, 6.45) is 2.61. The maximum Gasteiger partial charge on any atom is 0.0992 e. The van der Waals surface area contributed by atoms with Crippen molar-refractivity contribution < 1.29 is 0 Å². The zero-order valence-corrected chi connectivity index (χ0v) is 11.1. The third kappa shape index (κ3) is 2.56. The lowest BCUT2D eigenvalue weighted by Crippen LogP contribution is -2.33. The molecule has 0 atom stereocenters. The van der Waals surface area contributed by atoms with Crippen molar-refractivity contribution in [2.45, 2.75) is 32.2 Å². The molecule has 16 heavy (non-hydrogen) atoms. The van der Waals surface area contributed by atoms with E-state index in [0.717, 1.165) is 16.1 Å². The van der Waals surface area contributed by atoms with Gasteiger partial charge in [-0.1, -0.05) is 15.9 Å². The van der Waals surface area contributed by atoms with Gasteiger partial charge in [-0.25, -0.2) is 0 Å². The number of halogens is 1. The normalized spacial score (nSPS) is 15.6. The van der Waals surface area contributed by atoms with Crippen LogP contribution in [0.5, 0.6) is 0 Å². The molecular weight excluding hydrogens is 264 g/mol. The summed E-state index contributed by atoms with van der Waals surface area (Å²) in [5.41, 5.74) is 1.82. The molecule has 0 aromatic heterocycles. The number of nitrogens with zero attached hydrogens (tertiary/aromatic N) is 1. The summed E-state index contributed by atoms with van der Waals surface area (Å²) in [4.78, 5) is 0. The van der Waals surface area contributed by atoms with Crippen LogP contribution < -0.4 is 5.32 Å². The molecule has 1 aromatic carbocycles. The Kier molecular flexibility index (Phi) is 2.94. The van der Waals surface area contributed by atoms with Crippen LogP contribution in [0.3, 0.4) is 0 Å². The van der Waals surface area contributed by atoms with Crippen LogP contribution >= 0.6 is 15.9 Å². The average Bonchev–Trinajstić information content (AvgIpc) is 2.98. The fourth-order valence-electron chi connectivity index (χ4n) is 2.01. The fraction of sp³-hybridized carbons (Fsp3) is 0.462. The summed E-state index contributed by atoms with van der Waals surface area (Å²) in [5, 5.41) is 12.4. The molecular formula is C13H15BrN2. The maximum atomic E-state index is 8.91. The summed E-state index contributed by atoms with van der Waals surface area (Å²) >= 11 is 3.42. The van der Waals surface area contributed by atoms with Crippen molar-refractivity contribution in [2.75, 3.05) is 5.32 Å². The molecule has 2 nitrogen and oxygen atoms in total. The molecule has 2 rings (SSSR count). The summed E-state index contributed by atoms with van der Waals surface area (Å²) < 4.78 is 0.945. The van der Waals surface area contributed by atoms with Gasteiger partial charge in [-0.05, 0) is 50.8 Å². The minimum absolute atomic E-state index is 0.119. The Labute approximate surface area is 105 Å². The van der Waals surface area contributed by atoms with Crippen LogP contribution in [0.25, 0.3) is 0 Å². The van der Waals surface area contributed by atoms with Crippen molar-refractivity contribution in [3.63, 3.8) is 0 Å². The van der Waals surface area contributed by atoms with E-state index < -0.39 is 0 Å². The lowest BCUT2D eigenvalue weighted by Gasteiger charge is -2.27. The van der Waals surface area contributed by atoms with E-state index in [1.165, 1.54) is 12.8 Å². The van der Waals surface area contributed by atoms with Gasteiger partial charge in [0, 0.05) is 15.7 Å². The van der Waals surface area contributed by atoms with E-state index in [0.29, 0.717) is 5.56 Å². The van der Waals surface area contributed by atoms with E-state index in [4.69, 9.17) is 5.26 Å². The average molecular weight is 279 g/mol. The van der Waals surface area contributed by atoms with E-state index in [9.17, 15) is 0 Å². The summed E-state index contributed by atoms with van der Waals surface area (Å²) in [6, 6.07) is 7.91. The number of hydrogen-bond donors (Lipinski definition) is 1. The van der Waals surface area contributed by atoms with Gasteiger partial charge in [0.1, 0.15) is 0 Å². The predicted molar refractivity (Wildman–Crippen MR) is 69.3 cm³/mol. The third-order valence-electron chi connectivity index (χ3n) is 3.09. The quantitative estimate of drug-likeness (QED) is 0.910. The molecule has 1 fully saturated rings. The maximum absolute atomic E-state index is 8.91. The molecule has 1 saturated carbocycles. The van der Waals surface area contributed by atoms with E-state index >= 15 is 0 Å². The monoisotopic (exact) mass is 278 g/mol. The van der Waals surface area contributed by atoms with Crippen molar-refractivity contribution >= 4 is 21.6 Å². The van der Waals surface area contributed by atoms with E-state index in [-0.39, 0.29) is 5.54 Å². The minimum atomic E-state index is 0.119. The minimum Gasteiger partial charge on any atom is -0.380 e. The highest BCUT2D eigenvalue weighted by atomic mass is 79.9. The molecule has 1 N–H and O–H groups in total. The lowest BCUT2D eigenvalue weighted by atomic mass is 9.98. The van der Waals surface area contributed by atoms with Gasteiger partial charge >= 0.3 is 0 Å². The zero-order valence-electron chi connectivity index (χ0n) is 9.55. The molecule has 1 aromatic rings. The first-order chi connectivity index (χ1) is 7.51. The van der Waals surface area contributed by atoms with Crippen molar-refractivity contribution in [1.82, 2.24) is 0 Å². The van der Waals surface area contributed by atoms with Gasteiger partial charge in [0.05, 0.1) is 11.6 Å². The Morgan fingerprint density at radius 1 is 1.38 bits per heavy atom. The molecule has 0 unspecified atom stereocenters. The number of benzene rings is 1. The Hall–Kier alpha value is -1.01. The van der Waals surface area contributed by atoms with Gasteiger partial charge in [-0.2, -0.15) is 5.26 Å². The number of nitrogens with one attached hydrogen (secondary N) is 1. The zero-order chi connectivity index (χ0) is 11.8. The smallest absolute Gasteiger partial charge is 0.0992 e. The first kappa shape index (κ1) is 11.5. The van der Waals surface area contributed by atoms with E-state index in [2.05, 4.69) is 41.2 Å². The van der Waals surface area contributed by atoms with Crippen molar-refractivity contribution in [3.8, 4) is 6.07 Å². The fourth-order valence-corrected chi connectivity index (χ4v) is 2.50. The number of nitriles is 1. The van der Waals surface area contributed by atoms with Gasteiger partial charge in [0.25, 0.3) is 0 Å². The topological polar surface area (TPSA) is 35.8 Å². The first-order valence-electron chi connectivity index (χ1n) is 5.50. The molecule has 0 bridgehead atoms. The van der Waals surface area contributed by atoms with Crippen molar-refractivity contribution in [2.24, 2.45) is 5.92 Å². The van der Waals surface area contributed by atoms with E-state index in [1.807, 2.05) is 18.2 Å². The SMILES string of the molecule is CC(C)(Nc1cc(Br)cc(C#N)c1)C1CC1. The van der Waals surface area contributed by atoms with Crippen LogP contribution in [0.2, 0.25) is 0 Å². The second kappa shape index (κ2) is 4.10. The number of hydrogen-bond acceptors (Lipinski definition) is 2. The van der Waals surface area contributed by atoms with Crippen LogP contribution in [0.15, 0.2) is 22.7 Å². The Balaban J connectivity index is 2.21. The van der Waals surface area contributed by atoms with Crippen molar-refractivity contribution in [3.05, 3.63) is 28.2 Å². The second-order valence-electron chi connectivity index (χ2n) is 4.96. The molecule has 0 spiro atoms. The lowest BCUT2D eigenvalue weighted by molar-refractivity contribution is 0.494. The highest BCUT2D eigenvalue weighted by molar-refractivity contribution is 9.10. The van der Waals surface area contributed by atoms with Gasteiger partial charge in [0.15, 0.2) is 0 Å². The summed E-state index contributed by atoms with van der Waals surface area (Å²) in [6.45, 7) is 4.44. The van der Waals surface area contributed by atoms with Gasteiger partial charge < -0.3 is 5.32 Å². The molecule has 0 saturated heterocycles. The molecule has 1 aliphatic rings. The Bertz CT molecular complexity index is 442.